The molecule has 0 aromatic rings. The van der Waals surface area contributed by atoms with Gasteiger partial charge in [-0.3, -0.25) is 0 Å². The monoisotopic (exact) mass is 257 g/mol. The van der Waals surface area contributed by atoms with E-state index in [4.69, 9.17) is 0 Å². The van der Waals surface area contributed by atoms with Crippen LogP contribution in [-0.2, 0) is 0 Å². The fraction of sp³-hybridized carbons (Fsp3) is 0.556. The third-order valence-electron chi connectivity index (χ3n) is 4.02. The van der Waals surface area contributed by atoms with Crippen LogP contribution in [0, 0.1) is 0 Å². The molecule has 1 aliphatic heterocycles. The molecule has 0 N–H and O–H groups in total. The topological polar surface area (TPSA) is 3.24 Å². The van der Waals surface area contributed by atoms with Gasteiger partial charge in [-0.15, -0.1) is 0 Å². The van der Waals surface area contributed by atoms with Crippen LogP contribution in [-0.4, -0.2) is 18.0 Å². The molecule has 0 fully saturated rings. The molecule has 0 radical (unpaired) electrons. The van der Waals surface area contributed by atoms with Crippen LogP contribution in [0.3, 0.4) is 0 Å². The van der Waals surface area contributed by atoms with E-state index < -0.39 is 0 Å². The molecule has 2 rings (SSSR count). The first-order valence-electron chi connectivity index (χ1n) is 7.81. The zero-order valence-electron chi connectivity index (χ0n) is 12.5. The van der Waals surface area contributed by atoms with Gasteiger partial charge in [-0.05, 0) is 56.6 Å². The Morgan fingerprint density at radius 1 is 1.26 bits per heavy atom. The van der Waals surface area contributed by atoms with Crippen molar-refractivity contribution < 1.29 is 0 Å². The van der Waals surface area contributed by atoms with Gasteiger partial charge in [0.05, 0.1) is 0 Å². The zero-order valence-corrected chi connectivity index (χ0v) is 12.5. The summed E-state index contributed by atoms with van der Waals surface area (Å²) in [4.78, 5) is 2.57. The van der Waals surface area contributed by atoms with E-state index in [0.29, 0.717) is 0 Å². The third kappa shape index (κ3) is 3.86. The van der Waals surface area contributed by atoms with Gasteiger partial charge in [0.15, 0.2) is 0 Å². The summed E-state index contributed by atoms with van der Waals surface area (Å²) in [5.74, 6) is 0. The molecular formula is C18H27N. The van der Waals surface area contributed by atoms with E-state index in [1.54, 1.807) is 5.70 Å². The fourth-order valence-electron chi connectivity index (χ4n) is 3.01. The summed E-state index contributed by atoms with van der Waals surface area (Å²) < 4.78 is 0. The maximum Gasteiger partial charge on any atom is 0.0362 e. The van der Waals surface area contributed by atoms with Gasteiger partial charge in [-0.1, -0.05) is 37.3 Å². The van der Waals surface area contributed by atoms with Crippen LogP contribution in [0.5, 0.6) is 0 Å². The Morgan fingerprint density at radius 3 is 2.74 bits per heavy atom. The van der Waals surface area contributed by atoms with E-state index in [9.17, 15) is 0 Å². The molecule has 0 aromatic carbocycles. The van der Waals surface area contributed by atoms with E-state index in [-0.39, 0.29) is 0 Å². The summed E-state index contributed by atoms with van der Waals surface area (Å²) in [5, 5.41) is 0. The highest BCUT2D eigenvalue weighted by atomic mass is 15.1. The molecule has 0 spiro atoms. The summed E-state index contributed by atoms with van der Waals surface area (Å²) in [6.07, 6.45) is 19.3. The van der Waals surface area contributed by atoms with Crippen molar-refractivity contribution in [2.75, 3.05) is 13.1 Å². The SMILES string of the molecule is C/C=C\C(=C/CC)C1=CCN(C2=CCCCC2)CC1. The Hall–Kier alpha value is -1.24. The van der Waals surface area contributed by atoms with E-state index in [2.05, 4.69) is 49.1 Å². The Labute approximate surface area is 118 Å². The Morgan fingerprint density at radius 2 is 2.16 bits per heavy atom. The number of hydrogen-bond donors (Lipinski definition) is 0. The maximum absolute atomic E-state index is 2.57. The number of hydrogen-bond acceptors (Lipinski definition) is 1. The van der Waals surface area contributed by atoms with E-state index >= 15 is 0 Å². The van der Waals surface area contributed by atoms with Crippen molar-refractivity contribution in [2.24, 2.45) is 0 Å². The standard InChI is InChI=1S/C18H27N/c1-3-8-16(9-4-2)17-12-14-19(15-13-17)18-10-6-5-7-11-18/h3,8-10,12H,4-7,11,13-15H2,1-2H3/b8-3-,16-9+. The second kappa shape index (κ2) is 7.37. The summed E-state index contributed by atoms with van der Waals surface area (Å²) in [5.41, 5.74) is 4.56. The maximum atomic E-state index is 2.57. The van der Waals surface area contributed by atoms with E-state index in [0.717, 1.165) is 13.0 Å². The molecule has 1 heterocycles. The fourth-order valence-corrected chi connectivity index (χ4v) is 3.01. The summed E-state index contributed by atoms with van der Waals surface area (Å²) >= 11 is 0. The zero-order chi connectivity index (χ0) is 13.5. The van der Waals surface area contributed by atoms with Crippen molar-refractivity contribution >= 4 is 0 Å². The smallest absolute Gasteiger partial charge is 0.0362 e. The van der Waals surface area contributed by atoms with Crippen LogP contribution in [0.2, 0.25) is 0 Å². The number of rotatable bonds is 4. The molecule has 1 heteroatoms. The van der Waals surface area contributed by atoms with Gasteiger partial charge < -0.3 is 4.90 Å². The van der Waals surface area contributed by atoms with Gasteiger partial charge >= 0.3 is 0 Å². The molecule has 1 aliphatic carbocycles. The van der Waals surface area contributed by atoms with Gasteiger partial charge in [0.25, 0.3) is 0 Å². The minimum Gasteiger partial charge on any atom is -0.371 e. The molecular weight excluding hydrogens is 230 g/mol. The van der Waals surface area contributed by atoms with Gasteiger partial charge in [0.2, 0.25) is 0 Å². The van der Waals surface area contributed by atoms with Crippen LogP contribution in [0.4, 0.5) is 0 Å². The minimum atomic E-state index is 1.10. The average molecular weight is 257 g/mol. The molecule has 0 atom stereocenters. The highest BCUT2D eigenvalue weighted by Crippen LogP contribution is 2.26. The largest absolute Gasteiger partial charge is 0.371 e. The molecule has 0 unspecified atom stereocenters. The second-order valence-electron chi connectivity index (χ2n) is 5.43. The summed E-state index contributed by atoms with van der Waals surface area (Å²) in [7, 11) is 0. The van der Waals surface area contributed by atoms with Crippen molar-refractivity contribution in [2.45, 2.75) is 52.4 Å². The highest BCUT2D eigenvalue weighted by Gasteiger charge is 2.16. The second-order valence-corrected chi connectivity index (χ2v) is 5.43. The molecule has 0 amide bonds. The van der Waals surface area contributed by atoms with Crippen molar-refractivity contribution in [3.63, 3.8) is 0 Å². The van der Waals surface area contributed by atoms with Crippen LogP contribution < -0.4 is 0 Å². The first-order chi connectivity index (χ1) is 9.35. The van der Waals surface area contributed by atoms with Gasteiger partial charge in [0.1, 0.15) is 0 Å². The van der Waals surface area contributed by atoms with E-state index in [1.165, 1.54) is 49.8 Å². The number of allylic oxidation sites excluding steroid dienone is 6. The first kappa shape index (κ1) is 14.2. The Bertz CT molecular complexity index is 409. The quantitative estimate of drug-likeness (QED) is 0.641. The number of nitrogens with zero attached hydrogens (tertiary/aromatic N) is 1. The predicted molar refractivity (Wildman–Crippen MR) is 84.0 cm³/mol. The highest BCUT2D eigenvalue weighted by molar-refractivity contribution is 5.41. The third-order valence-corrected chi connectivity index (χ3v) is 4.02. The van der Waals surface area contributed by atoms with Gasteiger partial charge in [-0.2, -0.15) is 0 Å². The van der Waals surface area contributed by atoms with Crippen molar-refractivity contribution in [3.05, 3.63) is 47.2 Å². The van der Waals surface area contributed by atoms with Crippen molar-refractivity contribution in [3.8, 4) is 0 Å². The van der Waals surface area contributed by atoms with Crippen molar-refractivity contribution in [1.82, 2.24) is 4.90 Å². The first-order valence-corrected chi connectivity index (χ1v) is 7.81. The molecule has 0 aromatic heterocycles. The van der Waals surface area contributed by atoms with Crippen LogP contribution in [0.25, 0.3) is 0 Å². The lowest BCUT2D eigenvalue weighted by molar-refractivity contribution is 0.345. The lowest BCUT2D eigenvalue weighted by Crippen LogP contribution is -2.29. The van der Waals surface area contributed by atoms with Crippen LogP contribution in [0.1, 0.15) is 52.4 Å². The lowest BCUT2D eigenvalue weighted by atomic mass is 9.96. The minimum absolute atomic E-state index is 1.10. The lowest BCUT2D eigenvalue weighted by Gasteiger charge is -2.32. The van der Waals surface area contributed by atoms with Crippen LogP contribution >= 0.6 is 0 Å². The molecule has 0 saturated carbocycles. The molecule has 2 aliphatic rings. The Balaban J connectivity index is 2.02. The summed E-state index contributed by atoms with van der Waals surface area (Å²) in [6.45, 7) is 6.61. The van der Waals surface area contributed by atoms with Gasteiger partial charge in [-0.25, -0.2) is 0 Å². The molecule has 0 saturated heterocycles. The molecule has 1 nitrogen and oxygen atoms in total. The van der Waals surface area contributed by atoms with Gasteiger partial charge in [0, 0.05) is 18.8 Å². The molecule has 0 bridgehead atoms. The summed E-state index contributed by atoms with van der Waals surface area (Å²) in [6, 6.07) is 0. The van der Waals surface area contributed by atoms with E-state index in [1.807, 2.05) is 0 Å². The predicted octanol–water partition coefficient (Wildman–Crippen LogP) is 4.99. The molecule has 19 heavy (non-hydrogen) atoms. The average Bonchev–Trinajstić information content (AvgIpc) is 2.48. The Kier molecular flexibility index (Phi) is 5.50. The van der Waals surface area contributed by atoms with Crippen LogP contribution in [0.15, 0.2) is 47.2 Å². The normalized spacial score (nSPS) is 21.6. The molecule has 104 valence electrons. The van der Waals surface area contributed by atoms with Crippen molar-refractivity contribution in [1.29, 1.82) is 0 Å².